The van der Waals surface area contributed by atoms with E-state index in [0.29, 0.717) is 67.7 Å². The molecule has 0 aliphatic carbocycles. The van der Waals surface area contributed by atoms with E-state index in [2.05, 4.69) is 25.9 Å². The summed E-state index contributed by atoms with van der Waals surface area (Å²) < 4.78 is 5.92. The number of amides is 2. The molecule has 1 aromatic carbocycles. The number of hydrogen-bond acceptors (Lipinski definition) is 9. The normalized spacial score (nSPS) is 24.9. The molecule has 3 aliphatic heterocycles. The lowest BCUT2D eigenvalue weighted by Crippen LogP contribution is -2.46. The van der Waals surface area contributed by atoms with Gasteiger partial charge in [-0.2, -0.15) is 0 Å². The smallest absolute Gasteiger partial charge is 0.259 e. The highest BCUT2D eigenvalue weighted by molar-refractivity contribution is 6.32. The zero-order valence-electron chi connectivity index (χ0n) is 18.8. The fourth-order valence-corrected chi connectivity index (χ4v) is 4.50. The first-order chi connectivity index (χ1) is 16.5. The monoisotopic (exact) mass is 465 g/mol. The van der Waals surface area contributed by atoms with Crippen LogP contribution >= 0.6 is 0 Å². The minimum atomic E-state index is -0.541. The van der Waals surface area contributed by atoms with E-state index in [4.69, 9.17) is 4.74 Å². The van der Waals surface area contributed by atoms with Crippen LogP contribution < -0.4 is 20.7 Å². The second-order valence-electron chi connectivity index (χ2n) is 8.57. The Balaban J connectivity index is 1.46. The Kier molecular flexibility index (Phi) is 6.03. The van der Waals surface area contributed by atoms with Crippen LogP contribution in [-0.4, -0.2) is 88.7 Å². The number of carbonyl (C=O) groups is 2. The van der Waals surface area contributed by atoms with Crippen LogP contribution in [0, 0.1) is 0 Å². The molecule has 0 spiro atoms. The van der Waals surface area contributed by atoms with Gasteiger partial charge in [-0.3, -0.25) is 14.5 Å². The third-order valence-electron chi connectivity index (χ3n) is 6.24. The summed E-state index contributed by atoms with van der Waals surface area (Å²) in [5, 5.41) is 19.4. The van der Waals surface area contributed by atoms with E-state index in [1.165, 1.54) is 6.33 Å². The molecule has 0 radical (unpaired) electrons. The summed E-state index contributed by atoms with van der Waals surface area (Å²) in [4.78, 5) is 37.9. The average Bonchev–Trinajstić information content (AvgIpc) is 3.35. The first-order valence-electron chi connectivity index (χ1n) is 11.3. The molecule has 11 nitrogen and oxygen atoms in total. The molecule has 4 heterocycles. The third kappa shape index (κ3) is 4.39. The van der Waals surface area contributed by atoms with Crippen LogP contribution in [0.1, 0.15) is 12.0 Å². The number of benzene rings is 1. The van der Waals surface area contributed by atoms with Gasteiger partial charge in [-0.05, 0) is 18.6 Å². The van der Waals surface area contributed by atoms with Gasteiger partial charge in [-0.15, -0.1) is 0 Å². The van der Waals surface area contributed by atoms with E-state index in [0.717, 1.165) is 5.69 Å². The lowest BCUT2D eigenvalue weighted by molar-refractivity contribution is -0.134. The summed E-state index contributed by atoms with van der Waals surface area (Å²) in [5.74, 6) is 1.28. The van der Waals surface area contributed by atoms with Crippen LogP contribution in [0.5, 0.6) is 5.75 Å². The Hall–Kier alpha value is -3.70. The zero-order chi connectivity index (χ0) is 23.7. The number of hydrogen-bond donors (Lipinski definition) is 4. The van der Waals surface area contributed by atoms with Crippen LogP contribution in [0.3, 0.4) is 0 Å². The molecule has 1 saturated heterocycles. The number of nitrogens with zero attached hydrogens (tertiary/aromatic N) is 4. The van der Waals surface area contributed by atoms with E-state index < -0.39 is 12.1 Å². The van der Waals surface area contributed by atoms with Crippen molar-refractivity contribution >= 4 is 34.7 Å². The van der Waals surface area contributed by atoms with Crippen molar-refractivity contribution in [2.24, 2.45) is 0 Å². The molecule has 178 valence electrons. The van der Waals surface area contributed by atoms with Crippen molar-refractivity contribution < 1.29 is 19.4 Å². The fourth-order valence-electron chi connectivity index (χ4n) is 4.50. The Morgan fingerprint density at radius 2 is 2.03 bits per heavy atom. The molecule has 11 heteroatoms. The number of nitrogens with one attached hydrogen (secondary N) is 3. The van der Waals surface area contributed by atoms with Crippen molar-refractivity contribution in [1.82, 2.24) is 19.8 Å². The summed E-state index contributed by atoms with van der Waals surface area (Å²) in [6.45, 7) is 2.20. The van der Waals surface area contributed by atoms with Gasteiger partial charge in [0.1, 0.15) is 30.3 Å². The number of ether oxygens (including phenoxy) is 1. The number of likely N-dealkylation sites (N-methyl/N-ethyl adjacent to an activating group) is 1. The predicted octanol–water partition coefficient (Wildman–Crippen LogP) is 0.580. The van der Waals surface area contributed by atoms with Gasteiger partial charge in [0.2, 0.25) is 5.91 Å². The van der Waals surface area contributed by atoms with Crippen LogP contribution in [0.15, 0.2) is 36.8 Å². The number of fused-ring (bicyclic) bond motifs is 3. The van der Waals surface area contributed by atoms with Crippen molar-refractivity contribution in [1.29, 1.82) is 0 Å². The van der Waals surface area contributed by atoms with Crippen molar-refractivity contribution in [3.05, 3.63) is 42.4 Å². The number of aliphatic hydroxyl groups excluding tert-OH is 1. The van der Waals surface area contributed by atoms with Gasteiger partial charge in [0, 0.05) is 51.2 Å². The standard InChI is InChI=1S/C23H27N7O4/c1-29-6-5-24-20-19-17(22(32)28-21(19)27-13-26-20)11-25-14-3-2-4-16(9-14)34-8-7-30-12-15(31)10-18(30)23(29)33/h2-4,9,11,13,15,18,25,31H,5-8,10,12H2,1H3,(H2,24,26,27,28,32)/b17-11-/t15-,18-/m1/s1. The average molecular weight is 466 g/mol. The highest BCUT2D eigenvalue weighted by atomic mass is 16.5. The maximum absolute atomic E-state index is 13.1. The molecule has 1 fully saturated rings. The van der Waals surface area contributed by atoms with Crippen LogP contribution in [0.25, 0.3) is 5.57 Å². The highest BCUT2D eigenvalue weighted by Crippen LogP contribution is 2.34. The fraction of sp³-hybridized carbons (Fsp3) is 0.391. The molecular weight excluding hydrogens is 438 g/mol. The molecule has 2 atom stereocenters. The molecule has 2 amide bonds. The van der Waals surface area contributed by atoms with Crippen molar-refractivity contribution in [2.45, 2.75) is 18.6 Å². The predicted molar refractivity (Wildman–Crippen MR) is 126 cm³/mol. The first-order valence-corrected chi connectivity index (χ1v) is 11.3. The minimum Gasteiger partial charge on any atom is -0.492 e. The molecule has 2 aromatic rings. The third-order valence-corrected chi connectivity index (χ3v) is 6.24. The van der Waals surface area contributed by atoms with Crippen molar-refractivity contribution in [3.63, 3.8) is 0 Å². The lowest BCUT2D eigenvalue weighted by atomic mass is 10.1. The van der Waals surface area contributed by atoms with Gasteiger partial charge < -0.3 is 30.7 Å². The largest absolute Gasteiger partial charge is 0.492 e. The quantitative estimate of drug-likeness (QED) is 0.441. The van der Waals surface area contributed by atoms with Crippen LogP contribution in [-0.2, 0) is 9.59 Å². The molecule has 2 bridgehead atoms. The highest BCUT2D eigenvalue weighted by Gasteiger charge is 2.37. The van der Waals surface area contributed by atoms with E-state index in [1.54, 1.807) is 18.1 Å². The number of anilines is 3. The number of aromatic nitrogens is 2. The Morgan fingerprint density at radius 3 is 2.91 bits per heavy atom. The van der Waals surface area contributed by atoms with Crippen molar-refractivity contribution in [2.75, 3.05) is 55.8 Å². The Bertz CT molecular complexity index is 1140. The summed E-state index contributed by atoms with van der Waals surface area (Å²) in [5.41, 5.74) is 1.74. The van der Waals surface area contributed by atoms with Gasteiger partial charge in [0.15, 0.2) is 0 Å². The van der Waals surface area contributed by atoms with Gasteiger partial charge in [-0.25, -0.2) is 9.97 Å². The van der Waals surface area contributed by atoms with E-state index in [-0.39, 0.29) is 11.8 Å². The SMILES string of the molecule is CN1CCNc2ncnc3c2/C(=C/Nc2cccc(c2)OCCN2C[C@H](O)C[C@@H]2C1=O)C(=O)N3. The maximum Gasteiger partial charge on any atom is 0.259 e. The summed E-state index contributed by atoms with van der Waals surface area (Å²) in [6, 6.07) is 7.02. The summed E-state index contributed by atoms with van der Waals surface area (Å²) in [7, 11) is 1.75. The van der Waals surface area contributed by atoms with Crippen LogP contribution in [0.4, 0.5) is 17.3 Å². The molecule has 5 rings (SSSR count). The second-order valence-corrected chi connectivity index (χ2v) is 8.57. The Labute approximate surface area is 196 Å². The van der Waals surface area contributed by atoms with Gasteiger partial charge in [-0.1, -0.05) is 6.07 Å². The topological polar surface area (TPSA) is 132 Å². The zero-order valence-corrected chi connectivity index (χ0v) is 18.8. The van der Waals surface area contributed by atoms with Crippen LogP contribution in [0.2, 0.25) is 0 Å². The number of rotatable bonds is 0. The van der Waals surface area contributed by atoms with Gasteiger partial charge in [0.05, 0.1) is 23.3 Å². The molecule has 3 aliphatic rings. The van der Waals surface area contributed by atoms with Gasteiger partial charge in [0.25, 0.3) is 5.91 Å². The molecule has 0 unspecified atom stereocenters. The lowest BCUT2D eigenvalue weighted by Gasteiger charge is -2.28. The Morgan fingerprint density at radius 1 is 1.18 bits per heavy atom. The molecule has 4 N–H and O–H groups in total. The first kappa shape index (κ1) is 22.1. The molecular formula is C23H27N7O4. The molecule has 1 aromatic heterocycles. The van der Waals surface area contributed by atoms with Gasteiger partial charge >= 0.3 is 0 Å². The molecule has 0 saturated carbocycles. The second kappa shape index (κ2) is 9.27. The minimum absolute atomic E-state index is 0.0454. The summed E-state index contributed by atoms with van der Waals surface area (Å²) in [6.07, 6.45) is 2.87. The number of aliphatic hydroxyl groups is 1. The maximum atomic E-state index is 13.1. The van der Waals surface area contributed by atoms with Crippen molar-refractivity contribution in [3.8, 4) is 5.75 Å². The van der Waals surface area contributed by atoms with E-state index in [9.17, 15) is 14.7 Å². The summed E-state index contributed by atoms with van der Waals surface area (Å²) >= 11 is 0. The van der Waals surface area contributed by atoms with E-state index in [1.807, 2.05) is 29.2 Å². The molecule has 34 heavy (non-hydrogen) atoms. The number of carbonyl (C=O) groups excluding carboxylic acids is 2. The van der Waals surface area contributed by atoms with E-state index >= 15 is 0 Å².